The van der Waals surface area contributed by atoms with Gasteiger partial charge in [-0.15, -0.1) is 0 Å². The van der Waals surface area contributed by atoms with Gasteiger partial charge >= 0.3 is 0 Å². The molecule has 0 bridgehead atoms. The van der Waals surface area contributed by atoms with Crippen LogP contribution in [0.15, 0.2) is 28.7 Å². The Kier molecular flexibility index (Phi) is 1.83. The molecule has 1 aliphatic carbocycles. The molecule has 3 rings (SSSR count). The summed E-state index contributed by atoms with van der Waals surface area (Å²) < 4.78 is 18.8. The molecule has 1 atom stereocenters. The average molecular weight is 205 g/mol. The third-order valence-corrected chi connectivity index (χ3v) is 2.97. The van der Waals surface area contributed by atoms with E-state index in [4.69, 9.17) is 10.2 Å². The number of furan rings is 1. The average Bonchev–Trinajstić information content (AvgIpc) is 2.97. The highest BCUT2D eigenvalue weighted by molar-refractivity contribution is 5.78. The summed E-state index contributed by atoms with van der Waals surface area (Å²) >= 11 is 0. The zero-order chi connectivity index (χ0) is 10.4. The molecule has 0 saturated heterocycles. The minimum Gasteiger partial charge on any atom is -0.456 e. The van der Waals surface area contributed by atoms with Crippen LogP contribution in [-0.2, 0) is 0 Å². The number of hydrogen-bond acceptors (Lipinski definition) is 2. The quantitative estimate of drug-likeness (QED) is 0.818. The molecule has 2 nitrogen and oxygen atoms in total. The van der Waals surface area contributed by atoms with Crippen LogP contribution in [0.4, 0.5) is 4.39 Å². The van der Waals surface area contributed by atoms with Gasteiger partial charge in [-0.1, -0.05) is 12.1 Å². The van der Waals surface area contributed by atoms with Gasteiger partial charge in [0.15, 0.2) is 11.4 Å². The zero-order valence-electron chi connectivity index (χ0n) is 8.24. The molecule has 0 spiro atoms. The second kappa shape index (κ2) is 3.07. The Balaban J connectivity index is 2.09. The van der Waals surface area contributed by atoms with E-state index in [0.717, 1.165) is 18.2 Å². The summed E-state index contributed by atoms with van der Waals surface area (Å²) in [5.41, 5.74) is 6.32. The summed E-state index contributed by atoms with van der Waals surface area (Å²) in [5.74, 6) is 0.910. The highest BCUT2D eigenvalue weighted by Gasteiger charge is 2.31. The highest BCUT2D eigenvalue weighted by Crippen LogP contribution is 2.40. The Morgan fingerprint density at radius 1 is 1.40 bits per heavy atom. The van der Waals surface area contributed by atoms with E-state index >= 15 is 0 Å². The van der Waals surface area contributed by atoms with Gasteiger partial charge in [0.2, 0.25) is 0 Å². The minimum atomic E-state index is -0.318. The van der Waals surface area contributed by atoms with E-state index in [0.29, 0.717) is 17.3 Å². The van der Waals surface area contributed by atoms with Crippen LogP contribution in [0.3, 0.4) is 0 Å². The monoisotopic (exact) mass is 205 g/mol. The summed E-state index contributed by atoms with van der Waals surface area (Å²) in [7, 11) is 0. The SMILES string of the molecule is NC(c1cc2cccc(F)c2o1)C1CC1. The Hall–Kier alpha value is -1.35. The fourth-order valence-corrected chi connectivity index (χ4v) is 1.90. The van der Waals surface area contributed by atoms with Gasteiger partial charge in [-0.3, -0.25) is 0 Å². The fraction of sp³-hybridized carbons (Fsp3) is 0.333. The van der Waals surface area contributed by atoms with Crippen LogP contribution < -0.4 is 5.73 Å². The third kappa shape index (κ3) is 1.43. The molecule has 1 unspecified atom stereocenters. The Bertz CT molecular complexity index is 501. The molecule has 2 aromatic rings. The second-order valence-electron chi connectivity index (χ2n) is 4.17. The Morgan fingerprint density at radius 2 is 2.20 bits per heavy atom. The molecule has 1 aromatic carbocycles. The molecule has 15 heavy (non-hydrogen) atoms. The maximum Gasteiger partial charge on any atom is 0.169 e. The summed E-state index contributed by atoms with van der Waals surface area (Å²) in [4.78, 5) is 0. The molecule has 1 aliphatic rings. The molecule has 1 aromatic heterocycles. The second-order valence-corrected chi connectivity index (χ2v) is 4.17. The van der Waals surface area contributed by atoms with Crippen LogP contribution >= 0.6 is 0 Å². The van der Waals surface area contributed by atoms with Gasteiger partial charge in [0.25, 0.3) is 0 Å². The number of benzene rings is 1. The summed E-state index contributed by atoms with van der Waals surface area (Å²) in [6.07, 6.45) is 2.31. The standard InChI is InChI=1S/C12H12FNO/c13-9-3-1-2-8-6-10(15-12(8)9)11(14)7-4-5-7/h1-3,6-7,11H,4-5,14H2. The molecule has 3 heteroatoms. The van der Waals surface area contributed by atoms with Crippen molar-refractivity contribution in [1.29, 1.82) is 0 Å². The number of nitrogens with two attached hydrogens (primary N) is 1. The van der Waals surface area contributed by atoms with E-state index in [9.17, 15) is 4.39 Å². The van der Waals surface area contributed by atoms with Gasteiger partial charge in [-0.25, -0.2) is 4.39 Å². The van der Waals surface area contributed by atoms with E-state index in [2.05, 4.69) is 0 Å². The predicted octanol–water partition coefficient (Wildman–Crippen LogP) is 2.98. The lowest BCUT2D eigenvalue weighted by atomic mass is 10.1. The summed E-state index contributed by atoms with van der Waals surface area (Å²) in [6, 6.07) is 6.70. The van der Waals surface area contributed by atoms with Crippen molar-refractivity contribution in [3.63, 3.8) is 0 Å². The molecule has 0 aliphatic heterocycles. The van der Waals surface area contributed by atoms with Crippen molar-refractivity contribution >= 4 is 11.0 Å². The molecule has 0 amide bonds. The van der Waals surface area contributed by atoms with Crippen LogP contribution in [0.1, 0.15) is 24.6 Å². The maximum absolute atomic E-state index is 13.3. The van der Waals surface area contributed by atoms with Gasteiger partial charge in [-0.05, 0) is 30.9 Å². The van der Waals surface area contributed by atoms with Crippen LogP contribution in [0, 0.1) is 11.7 Å². The van der Waals surface area contributed by atoms with E-state index < -0.39 is 0 Å². The number of fused-ring (bicyclic) bond motifs is 1. The van der Waals surface area contributed by atoms with Gasteiger partial charge in [0, 0.05) is 5.39 Å². The lowest BCUT2D eigenvalue weighted by Gasteiger charge is -2.04. The smallest absolute Gasteiger partial charge is 0.169 e. The first kappa shape index (κ1) is 8.92. The number of rotatable bonds is 2. The Labute approximate surface area is 86.9 Å². The maximum atomic E-state index is 13.3. The lowest BCUT2D eigenvalue weighted by Crippen LogP contribution is -2.10. The lowest BCUT2D eigenvalue weighted by molar-refractivity contribution is 0.456. The van der Waals surface area contributed by atoms with Crippen molar-refractivity contribution in [2.24, 2.45) is 11.7 Å². The van der Waals surface area contributed by atoms with Crippen molar-refractivity contribution in [2.75, 3.05) is 0 Å². The third-order valence-electron chi connectivity index (χ3n) is 2.97. The van der Waals surface area contributed by atoms with Gasteiger partial charge in [0.1, 0.15) is 5.76 Å². The van der Waals surface area contributed by atoms with E-state index in [1.54, 1.807) is 6.07 Å². The first-order valence-corrected chi connectivity index (χ1v) is 5.19. The molecule has 78 valence electrons. The molecule has 1 heterocycles. The molecular formula is C12H12FNO. The van der Waals surface area contributed by atoms with Crippen molar-refractivity contribution in [1.82, 2.24) is 0 Å². The minimum absolute atomic E-state index is 0.0724. The largest absolute Gasteiger partial charge is 0.456 e. The van der Waals surface area contributed by atoms with Crippen molar-refractivity contribution in [3.8, 4) is 0 Å². The Morgan fingerprint density at radius 3 is 2.87 bits per heavy atom. The van der Waals surface area contributed by atoms with Crippen molar-refractivity contribution in [2.45, 2.75) is 18.9 Å². The molecular weight excluding hydrogens is 193 g/mol. The van der Waals surface area contributed by atoms with E-state index in [1.165, 1.54) is 6.07 Å². The van der Waals surface area contributed by atoms with Crippen molar-refractivity contribution in [3.05, 3.63) is 35.8 Å². The van der Waals surface area contributed by atoms with Crippen LogP contribution in [0.25, 0.3) is 11.0 Å². The van der Waals surface area contributed by atoms with E-state index in [1.807, 2.05) is 12.1 Å². The number of hydrogen-bond donors (Lipinski definition) is 1. The zero-order valence-corrected chi connectivity index (χ0v) is 8.24. The van der Waals surface area contributed by atoms with E-state index in [-0.39, 0.29) is 11.9 Å². The summed E-state index contributed by atoms with van der Waals surface area (Å²) in [5, 5.41) is 0.793. The fourth-order valence-electron chi connectivity index (χ4n) is 1.90. The van der Waals surface area contributed by atoms with Gasteiger partial charge in [-0.2, -0.15) is 0 Å². The summed E-state index contributed by atoms with van der Waals surface area (Å²) in [6.45, 7) is 0. The van der Waals surface area contributed by atoms with Crippen LogP contribution in [-0.4, -0.2) is 0 Å². The predicted molar refractivity (Wildman–Crippen MR) is 55.8 cm³/mol. The van der Waals surface area contributed by atoms with Gasteiger partial charge < -0.3 is 10.2 Å². The molecule has 1 fully saturated rings. The molecule has 2 N–H and O–H groups in total. The normalized spacial score (nSPS) is 18.3. The molecule has 1 saturated carbocycles. The van der Waals surface area contributed by atoms with Crippen LogP contribution in [0.5, 0.6) is 0 Å². The molecule has 0 radical (unpaired) electrons. The number of halogens is 1. The van der Waals surface area contributed by atoms with Gasteiger partial charge in [0.05, 0.1) is 6.04 Å². The topological polar surface area (TPSA) is 39.2 Å². The first-order chi connectivity index (χ1) is 7.25. The van der Waals surface area contributed by atoms with Crippen LogP contribution in [0.2, 0.25) is 0 Å². The number of para-hydroxylation sites is 1. The van der Waals surface area contributed by atoms with Crippen molar-refractivity contribution < 1.29 is 8.81 Å². The highest BCUT2D eigenvalue weighted by atomic mass is 19.1. The first-order valence-electron chi connectivity index (χ1n) is 5.19.